The predicted octanol–water partition coefficient (Wildman–Crippen LogP) is 3.52. The first kappa shape index (κ1) is 12.1. The van der Waals surface area contributed by atoms with Gasteiger partial charge in [-0.2, -0.15) is 0 Å². The smallest absolute Gasteiger partial charge is 0.149 e. The first-order chi connectivity index (χ1) is 7.15. The molecule has 3 heteroatoms. The maximum absolute atomic E-state index is 11.5. The van der Waals surface area contributed by atoms with Crippen molar-refractivity contribution in [2.24, 2.45) is 0 Å². The molecule has 0 aromatic heterocycles. The van der Waals surface area contributed by atoms with Crippen LogP contribution in [0.15, 0.2) is 18.2 Å². The molecule has 78 valence electrons. The SMILES string of the molecule is CC#CCC(=O)Cc1c(Cl)cccc1Cl. The lowest BCUT2D eigenvalue weighted by molar-refractivity contribution is -0.117. The third-order valence-electron chi connectivity index (χ3n) is 1.90. The summed E-state index contributed by atoms with van der Waals surface area (Å²) in [6, 6.07) is 5.20. The fourth-order valence-electron chi connectivity index (χ4n) is 1.15. The highest BCUT2D eigenvalue weighted by Crippen LogP contribution is 2.24. The number of halogens is 2. The normalized spacial score (nSPS) is 9.27. The van der Waals surface area contributed by atoms with Crippen molar-refractivity contribution in [3.05, 3.63) is 33.8 Å². The molecule has 0 saturated carbocycles. The van der Waals surface area contributed by atoms with Crippen LogP contribution in [0.3, 0.4) is 0 Å². The van der Waals surface area contributed by atoms with Gasteiger partial charge in [0, 0.05) is 16.5 Å². The van der Waals surface area contributed by atoms with Crippen molar-refractivity contribution >= 4 is 29.0 Å². The van der Waals surface area contributed by atoms with Gasteiger partial charge in [-0.1, -0.05) is 35.2 Å². The van der Waals surface area contributed by atoms with Gasteiger partial charge in [-0.05, 0) is 24.6 Å². The molecule has 1 rings (SSSR count). The Bertz CT molecular complexity index is 407. The summed E-state index contributed by atoms with van der Waals surface area (Å²) in [5.41, 5.74) is 0.684. The van der Waals surface area contributed by atoms with Crippen LogP contribution >= 0.6 is 23.2 Å². The lowest BCUT2D eigenvalue weighted by atomic mass is 10.1. The van der Waals surface area contributed by atoms with Crippen LogP contribution in [0.2, 0.25) is 10.0 Å². The second-order valence-corrected chi connectivity index (χ2v) is 3.83. The predicted molar refractivity (Wildman–Crippen MR) is 63.2 cm³/mol. The number of rotatable bonds is 3. The van der Waals surface area contributed by atoms with Gasteiger partial charge in [0.05, 0.1) is 6.42 Å². The van der Waals surface area contributed by atoms with Gasteiger partial charge >= 0.3 is 0 Å². The molecule has 0 saturated heterocycles. The van der Waals surface area contributed by atoms with Gasteiger partial charge in [-0.25, -0.2) is 0 Å². The van der Waals surface area contributed by atoms with Crippen LogP contribution in [0.25, 0.3) is 0 Å². The molecule has 0 spiro atoms. The highest BCUT2D eigenvalue weighted by atomic mass is 35.5. The van der Waals surface area contributed by atoms with Crippen molar-refractivity contribution in [3.63, 3.8) is 0 Å². The summed E-state index contributed by atoms with van der Waals surface area (Å²) in [5, 5.41) is 1.06. The van der Waals surface area contributed by atoms with E-state index < -0.39 is 0 Å². The molecule has 0 atom stereocenters. The molecule has 0 bridgehead atoms. The van der Waals surface area contributed by atoms with Crippen LogP contribution in [0.1, 0.15) is 18.9 Å². The van der Waals surface area contributed by atoms with Crippen LogP contribution < -0.4 is 0 Å². The van der Waals surface area contributed by atoms with Gasteiger partial charge in [0.2, 0.25) is 0 Å². The first-order valence-electron chi connectivity index (χ1n) is 4.49. The molecule has 0 aliphatic heterocycles. The van der Waals surface area contributed by atoms with Crippen molar-refractivity contribution in [1.82, 2.24) is 0 Å². The van der Waals surface area contributed by atoms with Crippen molar-refractivity contribution in [1.29, 1.82) is 0 Å². The summed E-state index contributed by atoms with van der Waals surface area (Å²) in [5.74, 6) is 5.43. The Morgan fingerprint density at radius 1 is 1.33 bits per heavy atom. The van der Waals surface area contributed by atoms with Crippen molar-refractivity contribution in [2.75, 3.05) is 0 Å². The summed E-state index contributed by atoms with van der Waals surface area (Å²) in [7, 11) is 0. The molecule has 0 amide bonds. The van der Waals surface area contributed by atoms with Crippen molar-refractivity contribution < 1.29 is 4.79 Å². The first-order valence-corrected chi connectivity index (χ1v) is 5.25. The Hall–Kier alpha value is -0.970. The maximum atomic E-state index is 11.5. The molecule has 1 aromatic carbocycles. The van der Waals surface area contributed by atoms with Crippen LogP contribution in [0, 0.1) is 11.8 Å². The minimum Gasteiger partial charge on any atom is -0.298 e. The van der Waals surface area contributed by atoms with E-state index in [9.17, 15) is 4.79 Å². The van der Waals surface area contributed by atoms with E-state index in [-0.39, 0.29) is 18.6 Å². The van der Waals surface area contributed by atoms with Crippen LogP contribution in [0.4, 0.5) is 0 Å². The van der Waals surface area contributed by atoms with E-state index in [4.69, 9.17) is 23.2 Å². The van der Waals surface area contributed by atoms with Gasteiger partial charge in [0.15, 0.2) is 0 Å². The Balaban J connectivity index is 2.79. The highest BCUT2D eigenvalue weighted by molar-refractivity contribution is 6.36. The summed E-state index contributed by atoms with van der Waals surface area (Å²) >= 11 is 11.9. The largest absolute Gasteiger partial charge is 0.298 e. The maximum Gasteiger partial charge on any atom is 0.149 e. The average molecular weight is 241 g/mol. The van der Waals surface area contributed by atoms with Gasteiger partial charge in [-0.3, -0.25) is 4.79 Å². The van der Waals surface area contributed by atoms with E-state index in [0.717, 1.165) is 0 Å². The van der Waals surface area contributed by atoms with E-state index in [0.29, 0.717) is 15.6 Å². The second-order valence-electron chi connectivity index (χ2n) is 3.02. The fraction of sp³-hybridized carbons (Fsp3) is 0.250. The Morgan fingerprint density at radius 3 is 2.47 bits per heavy atom. The number of hydrogen-bond acceptors (Lipinski definition) is 1. The lowest BCUT2D eigenvalue weighted by Crippen LogP contribution is -2.02. The molecule has 1 nitrogen and oxygen atoms in total. The number of hydrogen-bond donors (Lipinski definition) is 0. The second kappa shape index (κ2) is 5.80. The molecule has 0 N–H and O–H groups in total. The topological polar surface area (TPSA) is 17.1 Å². The monoisotopic (exact) mass is 240 g/mol. The molecule has 15 heavy (non-hydrogen) atoms. The number of ketones is 1. The molecule has 1 aromatic rings. The van der Waals surface area contributed by atoms with Gasteiger partial charge < -0.3 is 0 Å². The number of Topliss-reactive ketones (excluding diaryl/α,β-unsaturated/α-hetero) is 1. The van der Waals surface area contributed by atoms with Gasteiger partial charge in [0.25, 0.3) is 0 Å². The molecular formula is C12H10Cl2O. The summed E-state index contributed by atoms with van der Waals surface area (Å²) in [6.07, 6.45) is 0.491. The Morgan fingerprint density at radius 2 is 1.93 bits per heavy atom. The zero-order valence-corrected chi connectivity index (χ0v) is 9.82. The number of carbonyl (C=O) groups is 1. The molecule has 0 radical (unpaired) electrons. The zero-order chi connectivity index (χ0) is 11.3. The van der Waals surface area contributed by atoms with Crippen LogP contribution in [0.5, 0.6) is 0 Å². The van der Waals surface area contributed by atoms with E-state index in [1.807, 2.05) is 0 Å². The average Bonchev–Trinajstić information content (AvgIpc) is 2.21. The molecular weight excluding hydrogens is 231 g/mol. The third kappa shape index (κ3) is 3.58. The standard InChI is InChI=1S/C12H10Cl2O/c1-2-3-5-9(15)8-10-11(13)6-4-7-12(10)14/h4,6-7H,5,8H2,1H3. The molecule has 0 fully saturated rings. The van der Waals surface area contributed by atoms with E-state index in [1.54, 1.807) is 25.1 Å². The quantitative estimate of drug-likeness (QED) is 0.740. The van der Waals surface area contributed by atoms with E-state index in [2.05, 4.69) is 11.8 Å². The van der Waals surface area contributed by atoms with Gasteiger partial charge in [0.1, 0.15) is 5.78 Å². The number of carbonyl (C=O) groups excluding carboxylic acids is 1. The summed E-state index contributed by atoms with van der Waals surface area (Å²) < 4.78 is 0. The molecule has 0 unspecified atom stereocenters. The third-order valence-corrected chi connectivity index (χ3v) is 2.61. The van der Waals surface area contributed by atoms with Gasteiger partial charge in [-0.15, -0.1) is 5.92 Å². The van der Waals surface area contributed by atoms with E-state index >= 15 is 0 Å². The highest BCUT2D eigenvalue weighted by Gasteiger charge is 2.09. The number of benzene rings is 1. The van der Waals surface area contributed by atoms with E-state index in [1.165, 1.54) is 0 Å². The Kier molecular flexibility index (Phi) is 4.68. The van der Waals surface area contributed by atoms with Crippen molar-refractivity contribution in [2.45, 2.75) is 19.8 Å². The van der Waals surface area contributed by atoms with Crippen LogP contribution in [-0.4, -0.2) is 5.78 Å². The fourth-order valence-corrected chi connectivity index (χ4v) is 1.68. The molecule has 0 aliphatic carbocycles. The van der Waals surface area contributed by atoms with Crippen molar-refractivity contribution in [3.8, 4) is 11.8 Å². The minimum absolute atomic E-state index is 0.0272. The zero-order valence-electron chi connectivity index (χ0n) is 8.31. The Labute approximate surface area is 99.4 Å². The molecule has 0 aliphatic rings. The summed E-state index contributed by atoms with van der Waals surface area (Å²) in [4.78, 5) is 11.5. The lowest BCUT2D eigenvalue weighted by Gasteiger charge is -2.04. The molecule has 0 heterocycles. The van der Waals surface area contributed by atoms with Crippen LogP contribution in [-0.2, 0) is 11.2 Å². The minimum atomic E-state index is 0.0272. The summed E-state index contributed by atoms with van der Waals surface area (Å²) in [6.45, 7) is 1.70.